The molecule has 6 nitrogen and oxygen atoms in total. The van der Waals surface area contributed by atoms with Gasteiger partial charge in [-0.3, -0.25) is 4.57 Å². The quantitative estimate of drug-likeness (QED) is 0.160. The first-order valence-electron chi connectivity index (χ1n) is 22.0. The number of rotatable bonds is 7. The number of fused-ring (bicyclic) bond motifs is 7. The molecule has 4 heterocycles. The van der Waals surface area contributed by atoms with E-state index in [1.807, 2.05) is 12.3 Å². The zero-order valence-electron chi connectivity index (χ0n) is 36.0. The van der Waals surface area contributed by atoms with Crippen LogP contribution in [0.5, 0.6) is 11.5 Å². The Morgan fingerprint density at radius 1 is 0.453 bits per heavy atom. The van der Waals surface area contributed by atoms with Gasteiger partial charge in [0.05, 0.1) is 44.8 Å². The van der Waals surface area contributed by atoms with Crippen LogP contribution in [-0.4, -0.2) is 20.8 Å². The predicted molar refractivity (Wildman–Crippen MR) is 266 cm³/mol. The molecule has 64 heavy (non-hydrogen) atoms. The average molecular weight is 828 g/mol. The fraction of sp³-hybridized carbons (Fsp3) is 0.0862. The Morgan fingerprint density at radius 2 is 1.03 bits per heavy atom. The molecular weight excluding hydrogens is 783 g/mol. The summed E-state index contributed by atoms with van der Waals surface area (Å²) < 4.78 is 11.5. The van der Waals surface area contributed by atoms with Crippen molar-refractivity contribution in [3.8, 4) is 34.1 Å². The molecule has 3 aromatic heterocycles. The van der Waals surface area contributed by atoms with Crippen LogP contribution in [0.3, 0.4) is 0 Å². The van der Waals surface area contributed by atoms with Crippen LogP contribution in [0.25, 0.3) is 66.2 Å². The largest absolute Gasteiger partial charge is 0.457 e. The maximum atomic E-state index is 6.80. The van der Waals surface area contributed by atoms with E-state index in [2.05, 4.69) is 234 Å². The molecule has 0 spiro atoms. The van der Waals surface area contributed by atoms with Crippen LogP contribution in [0.2, 0.25) is 0 Å². The number of nitrogens with zero attached hydrogens (tertiary/aromatic N) is 5. The Morgan fingerprint density at radius 3 is 1.73 bits per heavy atom. The lowest BCUT2D eigenvalue weighted by Gasteiger charge is -2.28. The maximum Gasteiger partial charge on any atom is 0.137 e. The van der Waals surface area contributed by atoms with Gasteiger partial charge < -0.3 is 19.1 Å². The van der Waals surface area contributed by atoms with Crippen LogP contribution < -0.4 is 14.5 Å². The van der Waals surface area contributed by atoms with E-state index in [4.69, 9.17) is 9.72 Å². The number of aromatic nitrogens is 3. The summed E-state index contributed by atoms with van der Waals surface area (Å²) in [4.78, 5) is 9.77. The van der Waals surface area contributed by atoms with Crippen molar-refractivity contribution in [1.82, 2.24) is 14.1 Å². The van der Waals surface area contributed by atoms with Crippen molar-refractivity contribution in [2.24, 2.45) is 0 Å². The molecule has 0 N–H and O–H groups in total. The van der Waals surface area contributed by atoms with Crippen LogP contribution in [0.4, 0.5) is 22.7 Å². The van der Waals surface area contributed by atoms with Crippen molar-refractivity contribution in [2.45, 2.75) is 26.2 Å². The van der Waals surface area contributed by atoms with Gasteiger partial charge in [-0.1, -0.05) is 136 Å². The lowest BCUT2D eigenvalue weighted by molar-refractivity contribution is 0.483. The van der Waals surface area contributed by atoms with E-state index >= 15 is 0 Å². The van der Waals surface area contributed by atoms with Crippen molar-refractivity contribution in [3.05, 3.63) is 212 Å². The van der Waals surface area contributed by atoms with E-state index in [1.165, 1.54) is 43.9 Å². The Kier molecular flexibility index (Phi) is 8.70. The minimum Gasteiger partial charge on any atom is -0.457 e. The SMILES string of the molecule is CC(C)(C)c1ccnc(-n2c3ccccc3c3ccc(Oc4cccc(N5CN(c6c(-c7ccccc7)cccc6-n6c7ccccc7c7ccccc76)c6ccccc65)c4)cc32)c1. The molecule has 0 atom stereocenters. The number of hydrogen-bond acceptors (Lipinski definition) is 4. The van der Waals surface area contributed by atoms with E-state index < -0.39 is 0 Å². The monoisotopic (exact) mass is 827 g/mol. The number of para-hydroxylation sites is 6. The molecule has 6 heteroatoms. The van der Waals surface area contributed by atoms with Crippen molar-refractivity contribution >= 4 is 66.4 Å². The summed E-state index contributed by atoms with van der Waals surface area (Å²) >= 11 is 0. The summed E-state index contributed by atoms with van der Waals surface area (Å²) in [7, 11) is 0. The zero-order chi connectivity index (χ0) is 42.9. The minimum absolute atomic E-state index is 0.0114. The van der Waals surface area contributed by atoms with Gasteiger partial charge in [0.25, 0.3) is 0 Å². The highest BCUT2D eigenvalue weighted by molar-refractivity contribution is 6.11. The zero-order valence-corrected chi connectivity index (χ0v) is 36.0. The van der Waals surface area contributed by atoms with Gasteiger partial charge in [-0.15, -0.1) is 0 Å². The third kappa shape index (κ3) is 6.13. The number of ether oxygens (including phenoxy) is 1. The van der Waals surface area contributed by atoms with Gasteiger partial charge in [0, 0.05) is 51.1 Å². The Bertz CT molecular complexity index is 3520. The molecule has 0 amide bonds. The van der Waals surface area contributed by atoms with Crippen molar-refractivity contribution in [1.29, 1.82) is 0 Å². The number of benzene rings is 8. The molecule has 12 rings (SSSR count). The summed E-state index contributed by atoms with van der Waals surface area (Å²) in [6, 6.07) is 71.5. The topological polar surface area (TPSA) is 38.5 Å². The van der Waals surface area contributed by atoms with Gasteiger partial charge in [-0.2, -0.15) is 0 Å². The predicted octanol–water partition coefficient (Wildman–Crippen LogP) is 15.3. The van der Waals surface area contributed by atoms with Crippen molar-refractivity contribution in [3.63, 3.8) is 0 Å². The second kappa shape index (κ2) is 14.8. The minimum atomic E-state index is -0.0114. The Hall–Kier alpha value is -8.09. The first kappa shape index (κ1) is 37.7. The number of pyridine rings is 1. The van der Waals surface area contributed by atoms with Crippen molar-refractivity contribution < 1.29 is 4.74 Å². The van der Waals surface area contributed by atoms with Gasteiger partial charge in [0.1, 0.15) is 24.0 Å². The van der Waals surface area contributed by atoms with E-state index in [-0.39, 0.29) is 5.41 Å². The number of hydrogen-bond donors (Lipinski definition) is 0. The average Bonchev–Trinajstić information content (AvgIpc) is 3.99. The van der Waals surface area contributed by atoms with E-state index in [9.17, 15) is 0 Å². The molecule has 1 aliphatic rings. The summed E-state index contributed by atoms with van der Waals surface area (Å²) in [5.74, 6) is 2.42. The van der Waals surface area contributed by atoms with Gasteiger partial charge in [0.2, 0.25) is 0 Å². The van der Waals surface area contributed by atoms with Crippen LogP contribution in [0.1, 0.15) is 26.3 Å². The first-order valence-corrected chi connectivity index (χ1v) is 22.0. The molecule has 1 aliphatic heterocycles. The normalized spacial score (nSPS) is 12.8. The molecule has 8 aromatic carbocycles. The van der Waals surface area contributed by atoms with Crippen LogP contribution in [0, 0.1) is 0 Å². The Labute approximate surface area is 372 Å². The third-order valence-electron chi connectivity index (χ3n) is 12.8. The van der Waals surface area contributed by atoms with Gasteiger partial charge in [-0.05, 0) is 89.3 Å². The van der Waals surface area contributed by atoms with Crippen LogP contribution >= 0.6 is 0 Å². The van der Waals surface area contributed by atoms with Gasteiger partial charge in [0.15, 0.2) is 0 Å². The molecule has 0 fully saturated rings. The van der Waals surface area contributed by atoms with E-state index in [0.717, 1.165) is 62.2 Å². The van der Waals surface area contributed by atoms with E-state index in [0.29, 0.717) is 6.67 Å². The molecule has 0 saturated heterocycles. The molecule has 0 saturated carbocycles. The standard InChI is InChI=1S/C58H45N5O/c1-58(2,3)40-33-34-59-56(35-40)63-51-27-12-9-23-47(51)48-32-31-43(37-55(48)63)64-42-20-15-19-41(36-42)60-38-61(53-29-14-13-28-52(53)60)57-44(39-17-5-4-6-18-39)24-16-30-54(57)62-49-25-10-7-21-45(49)46-22-8-11-26-50(46)62/h4-37H,38H2,1-3H3. The first-order chi connectivity index (χ1) is 31.4. The fourth-order valence-electron chi connectivity index (χ4n) is 9.77. The molecule has 308 valence electrons. The molecule has 0 bridgehead atoms. The smallest absolute Gasteiger partial charge is 0.137 e. The van der Waals surface area contributed by atoms with Crippen molar-refractivity contribution in [2.75, 3.05) is 16.5 Å². The molecular formula is C58H45N5O. The highest BCUT2D eigenvalue weighted by Crippen LogP contribution is 2.50. The maximum absolute atomic E-state index is 6.80. The third-order valence-corrected chi connectivity index (χ3v) is 12.8. The number of anilines is 4. The highest BCUT2D eigenvalue weighted by Gasteiger charge is 2.32. The fourth-order valence-corrected chi connectivity index (χ4v) is 9.77. The van der Waals surface area contributed by atoms with Gasteiger partial charge >= 0.3 is 0 Å². The molecule has 0 aliphatic carbocycles. The summed E-state index contributed by atoms with van der Waals surface area (Å²) in [5, 5.41) is 4.81. The van der Waals surface area contributed by atoms with E-state index in [1.54, 1.807) is 0 Å². The lowest BCUT2D eigenvalue weighted by Crippen LogP contribution is -2.25. The highest BCUT2D eigenvalue weighted by atomic mass is 16.5. The second-order valence-corrected chi connectivity index (χ2v) is 17.7. The summed E-state index contributed by atoms with van der Waals surface area (Å²) in [6.07, 6.45) is 1.92. The van der Waals surface area contributed by atoms with Crippen LogP contribution in [-0.2, 0) is 5.41 Å². The second-order valence-electron chi connectivity index (χ2n) is 17.7. The van der Waals surface area contributed by atoms with Gasteiger partial charge in [-0.25, -0.2) is 4.98 Å². The molecule has 0 radical (unpaired) electrons. The molecule has 11 aromatic rings. The summed E-state index contributed by atoms with van der Waals surface area (Å²) in [5.41, 5.74) is 13.7. The Balaban J connectivity index is 0.956. The molecule has 0 unspecified atom stereocenters. The summed E-state index contributed by atoms with van der Waals surface area (Å²) in [6.45, 7) is 7.32. The lowest BCUT2D eigenvalue weighted by atomic mass is 9.88. The van der Waals surface area contributed by atoms with Crippen LogP contribution in [0.15, 0.2) is 206 Å².